The molecule has 9 nitrogen and oxygen atoms in total. The maximum atomic E-state index is 13.1. The maximum absolute atomic E-state index is 13.1. The van der Waals surface area contributed by atoms with Crippen molar-refractivity contribution in [2.45, 2.75) is 59.2 Å². The Morgan fingerprint density at radius 3 is 2.32 bits per heavy atom. The molecule has 0 fully saturated rings. The second kappa shape index (κ2) is 9.36. The third-order valence-corrected chi connectivity index (χ3v) is 6.22. The van der Waals surface area contributed by atoms with Crippen LogP contribution in [0.1, 0.15) is 40.5 Å². The lowest BCUT2D eigenvalue weighted by molar-refractivity contribution is -0.143. The minimum atomic E-state index is -1.08. The molecular weight excluding hydrogens is 398 g/mol. The molecule has 0 radical (unpaired) electrons. The van der Waals surface area contributed by atoms with Crippen LogP contribution in [-0.2, 0) is 16.1 Å². The van der Waals surface area contributed by atoms with Crippen LogP contribution < -0.4 is 15.5 Å². The van der Waals surface area contributed by atoms with E-state index >= 15 is 0 Å². The summed E-state index contributed by atoms with van der Waals surface area (Å²) in [6, 6.07) is 5.43. The van der Waals surface area contributed by atoms with Gasteiger partial charge in [-0.2, -0.15) is 0 Å². The summed E-state index contributed by atoms with van der Waals surface area (Å²) in [6.45, 7) is 8.53. The van der Waals surface area contributed by atoms with Crippen molar-refractivity contribution in [3.05, 3.63) is 24.3 Å². The molecule has 1 aromatic heterocycles. The fourth-order valence-electron chi connectivity index (χ4n) is 3.82. The first-order chi connectivity index (χ1) is 14.8. The number of benzene rings is 1. The summed E-state index contributed by atoms with van der Waals surface area (Å²) >= 11 is 0. The second-order valence-electron chi connectivity index (χ2n) is 8.23. The third-order valence-electron chi connectivity index (χ3n) is 6.22. The highest BCUT2D eigenvalue weighted by atomic mass is 16.4. The Labute approximate surface area is 181 Å². The first-order valence-electron chi connectivity index (χ1n) is 10.8. The van der Waals surface area contributed by atoms with Crippen LogP contribution in [0.4, 0.5) is 10.7 Å². The number of carboxylic acid groups (broad SMARTS) is 1. The summed E-state index contributed by atoms with van der Waals surface area (Å²) in [7, 11) is 0. The maximum Gasteiger partial charge on any atom is 0.326 e. The van der Waals surface area contributed by atoms with Gasteiger partial charge in [0.25, 0.3) is 0 Å². The molecule has 0 aliphatic carbocycles. The summed E-state index contributed by atoms with van der Waals surface area (Å²) in [5, 5.41) is 15.0. The Morgan fingerprint density at radius 2 is 1.68 bits per heavy atom. The Hall–Kier alpha value is -3.10. The highest BCUT2D eigenvalue weighted by Crippen LogP contribution is 2.27. The van der Waals surface area contributed by atoms with Gasteiger partial charge in [0.2, 0.25) is 11.9 Å². The number of rotatable bonds is 8. The molecule has 3 N–H and O–H groups in total. The molecule has 3 rings (SSSR count). The highest BCUT2D eigenvalue weighted by Gasteiger charge is 2.35. The first kappa shape index (κ1) is 22.6. The van der Waals surface area contributed by atoms with Gasteiger partial charge in [-0.05, 0) is 24.0 Å². The number of carbonyl (C=O) groups excluding carboxylic acids is 2. The average Bonchev–Trinajstić information content (AvgIpc) is 3.33. The van der Waals surface area contributed by atoms with Crippen molar-refractivity contribution < 1.29 is 19.5 Å². The lowest BCUT2D eigenvalue weighted by Gasteiger charge is -2.28. The molecule has 0 bridgehead atoms. The zero-order valence-corrected chi connectivity index (χ0v) is 18.5. The molecule has 0 unspecified atom stereocenters. The number of fused-ring (bicyclic) bond motifs is 3. The summed E-state index contributed by atoms with van der Waals surface area (Å²) in [4.78, 5) is 43.8. The predicted molar refractivity (Wildman–Crippen MR) is 118 cm³/mol. The van der Waals surface area contributed by atoms with Crippen molar-refractivity contribution in [3.63, 3.8) is 0 Å². The lowest BCUT2D eigenvalue weighted by Crippen LogP contribution is -2.57. The molecule has 3 amide bonds. The number of aromatic nitrogens is 2. The Bertz CT molecular complexity index is 972. The van der Waals surface area contributed by atoms with E-state index in [4.69, 9.17) is 0 Å². The van der Waals surface area contributed by atoms with Crippen LogP contribution in [-0.4, -0.2) is 51.2 Å². The van der Waals surface area contributed by atoms with Gasteiger partial charge in [0.1, 0.15) is 12.1 Å². The number of amides is 3. The minimum absolute atomic E-state index is 0.170. The van der Waals surface area contributed by atoms with Crippen LogP contribution in [0.5, 0.6) is 0 Å². The second-order valence-corrected chi connectivity index (χ2v) is 8.23. The molecule has 168 valence electrons. The molecule has 1 aliphatic heterocycles. The normalized spacial score (nSPS) is 17.0. The monoisotopic (exact) mass is 429 g/mol. The standard InChI is InChI=1S/C22H31N5O4/c1-5-13(3)17(19(28)24-18(20(29)30)14(4)6-2)25-22(31)27-12-11-26-16-10-8-7-9-15(16)23-21(26)27/h7-10,13-14,17-18H,5-6,11-12H2,1-4H3,(H,24,28)(H,25,31)(H,29,30)/t13-,14-,17+,18+/m1/s1. The third kappa shape index (κ3) is 4.50. The number of aliphatic carboxylic acids is 1. The number of nitrogens with zero attached hydrogens (tertiary/aromatic N) is 3. The van der Waals surface area contributed by atoms with Crippen LogP contribution in [0, 0.1) is 11.8 Å². The van der Waals surface area contributed by atoms with Gasteiger partial charge in [0.15, 0.2) is 0 Å². The van der Waals surface area contributed by atoms with Gasteiger partial charge < -0.3 is 20.3 Å². The van der Waals surface area contributed by atoms with Gasteiger partial charge in [-0.3, -0.25) is 9.69 Å². The van der Waals surface area contributed by atoms with Crippen LogP contribution in [0.3, 0.4) is 0 Å². The highest BCUT2D eigenvalue weighted by molar-refractivity contribution is 5.97. The molecule has 0 spiro atoms. The van der Waals surface area contributed by atoms with E-state index in [2.05, 4.69) is 15.6 Å². The number of hydrogen-bond acceptors (Lipinski definition) is 4. The van der Waals surface area contributed by atoms with Crippen LogP contribution >= 0.6 is 0 Å². The largest absolute Gasteiger partial charge is 0.480 e. The number of urea groups is 1. The van der Waals surface area contributed by atoms with Gasteiger partial charge in [-0.25, -0.2) is 14.6 Å². The number of hydrogen-bond donors (Lipinski definition) is 3. The number of carboxylic acids is 1. The topological polar surface area (TPSA) is 117 Å². The molecular formula is C22H31N5O4. The number of imidazole rings is 1. The van der Waals surface area contributed by atoms with E-state index in [0.717, 1.165) is 11.0 Å². The predicted octanol–water partition coefficient (Wildman–Crippen LogP) is 2.60. The minimum Gasteiger partial charge on any atom is -0.480 e. The van der Waals surface area contributed by atoms with Gasteiger partial charge in [0, 0.05) is 13.1 Å². The summed E-state index contributed by atoms with van der Waals surface area (Å²) < 4.78 is 1.98. The van der Waals surface area contributed by atoms with Gasteiger partial charge in [0.05, 0.1) is 11.0 Å². The van der Waals surface area contributed by atoms with Crippen molar-refractivity contribution in [1.29, 1.82) is 0 Å². The molecule has 1 aliphatic rings. The zero-order valence-electron chi connectivity index (χ0n) is 18.5. The SMILES string of the molecule is CC[C@@H](C)[C@H](NC(=O)[C@@H](NC(=O)N1CCn2c1nc1ccccc12)[C@H](C)CC)C(=O)O. The van der Waals surface area contributed by atoms with E-state index in [9.17, 15) is 19.5 Å². The van der Waals surface area contributed by atoms with E-state index in [1.165, 1.54) is 4.90 Å². The molecule has 9 heteroatoms. The molecule has 0 saturated heterocycles. The van der Waals surface area contributed by atoms with E-state index in [1.54, 1.807) is 6.92 Å². The zero-order chi connectivity index (χ0) is 22.7. The quantitative estimate of drug-likeness (QED) is 0.596. The molecule has 0 saturated carbocycles. The fraction of sp³-hybridized carbons (Fsp3) is 0.545. The van der Waals surface area contributed by atoms with Crippen molar-refractivity contribution in [1.82, 2.24) is 20.2 Å². The summed E-state index contributed by atoms with van der Waals surface area (Å²) in [6.07, 6.45) is 1.26. The van der Waals surface area contributed by atoms with E-state index in [0.29, 0.717) is 31.9 Å². The van der Waals surface area contributed by atoms with Crippen LogP contribution in [0.15, 0.2) is 24.3 Å². The number of carbonyl (C=O) groups is 3. The van der Waals surface area contributed by atoms with Crippen molar-refractivity contribution in [2.75, 3.05) is 11.4 Å². The number of nitrogens with one attached hydrogen (secondary N) is 2. The van der Waals surface area contributed by atoms with E-state index in [1.807, 2.05) is 49.6 Å². The smallest absolute Gasteiger partial charge is 0.326 e. The molecule has 1 aromatic carbocycles. The van der Waals surface area contributed by atoms with E-state index < -0.39 is 30.0 Å². The lowest BCUT2D eigenvalue weighted by atomic mass is 9.95. The number of anilines is 1. The van der Waals surface area contributed by atoms with Crippen molar-refractivity contribution in [2.24, 2.45) is 11.8 Å². The van der Waals surface area contributed by atoms with Crippen LogP contribution in [0.25, 0.3) is 11.0 Å². The van der Waals surface area contributed by atoms with Gasteiger partial charge in [-0.1, -0.05) is 52.7 Å². The average molecular weight is 430 g/mol. The van der Waals surface area contributed by atoms with Crippen molar-refractivity contribution >= 4 is 34.9 Å². The fourth-order valence-corrected chi connectivity index (χ4v) is 3.82. The Balaban J connectivity index is 1.78. The molecule has 2 heterocycles. The number of para-hydroxylation sites is 2. The summed E-state index contributed by atoms with van der Waals surface area (Å²) in [5.41, 5.74) is 1.77. The molecule has 2 aromatic rings. The van der Waals surface area contributed by atoms with Gasteiger partial charge in [-0.15, -0.1) is 0 Å². The molecule has 4 atom stereocenters. The Morgan fingerprint density at radius 1 is 1.03 bits per heavy atom. The van der Waals surface area contributed by atoms with Gasteiger partial charge >= 0.3 is 12.0 Å². The Kier molecular flexibility index (Phi) is 6.82. The van der Waals surface area contributed by atoms with E-state index in [-0.39, 0.29) is 11.8 Å². The first-order valence-corrected chi connectivity index (χ1v) is 10.8. The van der Waals surface area contributed by atoms with Crippen LogP contribution in [0.2, 0.25) is 0 Å². The summed E-state index contributed by atoms with van der Waals surface area (Å²) in [5.74, 6) is -1.41. The molecule has 31 heavy (non-hydrogen) atoms. The van der Waals surface area contributed by atoms with Crippen molar-refractivity contribution in [3.8, 4) is 0 Å².